The van der Waals surface area contributed by atoms with Crippen molar-refractivity contribution in [3.63, 3.8) is 0 Å². The van der Waals surface area contributed by atoms with E-state index in [4.69, 9.17) is 4.43 Å². The fourth-order valence-electron chi connectivity index (χ4n) is 1.79. The standard InChI is InChI=1S/C18H20OSi/c1-14(15-9-6-5-7-10-15)16-11-8-12-17(13-16)20-19-18(2,3)4/h5-13H,1H2,2-4H3. The number of hydrogen-bond acceptors (Lipinski definition) is 1. The molecule has 1 nitrogen and oxygen atoms in total. The minimum absolute atomic E-state index is 0.106. The van der Waals surface area contributed by atoms with Gasteiger partial charge >= 0.3 is 0 Å². The molecule has 0 spiro atoms. The van der Waals surface area contributed by atoms with Crippen molar-refractivity contribution >= 4 is 20.5 Å². The topological polar surface area (TPSA) is 9.23 Å². The summed E-state index contributed by atoms with van der Waals surface area (Å²) in [6.07, 6.45) is 0. The van der Waals surface area contributed by atoms with E-state index in [1.165, 1.54) is 5.19 Å². The summed E-state index contributed by atoms with van der Waals surface area (Å²) in [7, 11) is 0.362. The van der Waals surface area contributed by atoms with Crippen molar-refractivity contribution in [2.45, 2.75) is 26.4 Å². The molecule has 102 valence electrons. The van der Waals surface area contributed by atoms with Gasteiger partial charge in [0.15, 0.2) is 0 Å². The van der Waals surface area contributed by atoms with Crippen molar-refractivity contribution in [1.29, 1.82) is 0 Å². The molecule has 0 N–H and O–H groups in total. The second-order valence-corrected chi connectivity index (χ2v) is 6.73. The molecule has 2 heteroatoms. The van der Waals surface area contributed by atoms with Crippen LogP contribution in [0.3, 0.4) is 0 Å². The third kappa shape index (κ3) is 4.19. The van der Waals surface area contributed by atoms with Crippen molar-refractivity contribution in [3.05, 3.63) is 72.3 Å². The van der Waals surface area contributed by atoms with Crippen LogP contribution in [0.15, 0.2) is 61.2 Å². The third-order valence-electron chi connectivity index (χ3n) is 2.81. The SMILES string of the molecule is C=C(c1ccccc1)c1cccc([Si]OC(C)(C)C)c1. The first-order valence-corrected chi connectivity index (χ1v) is 7.65. The van der Waals surface area contributed by atoms with Gasteiger partial charge in [-0.15, -0.1) is 0 Å². The Labute approximate surface area is 124 Å². The van der Waals surface area contributed by atoms with E-state index in [9.17, 15) is 0 Å². The van der Waals surface area contributed by atoms with E-state index in [1.807, 2.05) is 18.2 Å². The van der Waals surface area contributed by atoms with Crippen molar-refractivity contribution in [3.8, 4) is 0 Å². The van der Waals surface area contributed by atoms with E-state index in [-0.39, 0.29) is 5.60 Å². The second-order valence-electron chi connectivity index (χ2n) is 5.74. The molecule has 0 unspecified atom stereocenters. The van der Waals surface area contributed by atoms with Crippen LogP contribution in [0.4, 0.5) is 0 Å². The zero-order valence-corrected chi connectivity index (χ0v) is 13.3. The average Bonchev–Trinajstić information content (AvgIpc) is 2.45. The lowest BCUT2D eigenvalue weighted by molar-refractivity contribution is 0.142. The lowest BCUT2D eigenvalue weighted by Crippen LogP contribution is -2.28. The molecule has 2 rings (SSSR count). The molecule has 0 saturated carbocycles. The minimum atomic E-state index is -0.106. The summed E-state index contributed by atoms with van der Waals surface area (Å²) >= 11 is 0. The predicted octanol–water partition coefficient (Wildman–Crippen LogP) is 3.81. The maximum atomic E-state index is 5.85. The van der Waals surface area contributed by atoms with Crippen molar-refractivity contribution in [2.75, 3.05) is 0 Å². The molecule has 0 aliphatic carbocycles. The zero-order chi connectivity index (χ0) is 14.6. The molecule has 0 fully saturated rings. The van der Waals surface area contributed by atoms with Gasteiger partial charge in [0.05, 0.1) is 0 Å². The van der Waals surface area contributed by atoms with Crippen LogP contribution in [0, 0.1) is 0 Å². The summed E-state index contributed by atoms with van der Waals surface area (Å²) in [6, 6.07) is 18.7. The van der Waals surface area contributed by atoms with Crippen molar-refractivity contribution < 1.29 is 4.43 Å². The normalized spacial score (nSPS) is 11.3. The molecule has 0 heterocycles. The fraction of sp³-hybridized carbons (Fsp3) is 0.222. The highest BCUT2D eigenvalue weighted by atomic mass is 28.2. The largest absolute Gasteiger partial charge is 0.407 e. The number of benzene rings is 2. The maximum Gasteiger partial charge on any atom is 0.269 e. The van der Waals surface area contributed by atoms with E-state index in [2.05, 4.69) is 63.7 Å². The Morgan fingerprint density at radius 1 is 0.950 bits per heavy atom. The molecule has 2 aromatic rings. The zero-order valence-electron chi connectivity index (χ0n) is 12.3. The summed E-state index contributed by atoms with van der Waals surface area (Å²) in [5.41, 5.74) is 3.25. The molecule has 20 heavy (non-hydrogen) atoms. The first-order chi connectivity index (χ1) is 9.46. The molecule has 0 saturated heterocycles. The van der Waals surface area contributed by atoms with E-state index >= 15 is 0 Å². The quantitative estimate of drug-likeness (QED) is 0.774. The third-order valence-corrected chi connectivity index (χ3v) is 4.07. The van der Waals surface area contributed by atoms with Gasteiger partial charge in [-0.25, -0.2) is 0 Å². The Morgan fingerprint density at radius 3 is 2.25 bits per heavy atom. The number of hydrogen-bond donors (Lipinski definition) is 0. The lowest BCUT2D eigenvalue weighted by Gasteiger charge is -2.19. The Morgan fingerprint density at radius 2 is 1.60 bits per heavy atom. The Kier molecular flexibility index (Phi) is 4.58. The van der Waals surface area contributed by atoms with Crippen LogP contribution in [0.1, 0.15) is 31.9 Å². The molecular formula is C18H20OSi. The van der Waals surface area contributed by atoms with Crippen LogP contribution in [-0.4, -0.2) is 15.4 Å². The van der Waals surface area contributed by atoms with Crippen LogP contribution >= 0.6 is 0 Å². The lowest BCUT2D eigenvalue weighted by atomic mass is 10.00. The smallest absolute Gasteiger partial charge is 0.269 e. The summed E-state index contributed by atoms with van der Waals surface area (Å²) in [4.78, 5) is 0. The fourth-order valence-corrected chi connectivity index (χ4v) is 2.59. The highest BCUT2D eigenvalue weighted by Gasteiger charge is 2.11. The summed E-state index contributed by atoms with van der Waals surface area (Å²) in [5, 5.41) is 1.20. The first kappa shape index (κ1) is 14.8. The molecule has 2 aromatic carbocycles. The van der Waals surface area contributed by atoms with Gasteiger partial charge in [0.2, 0.25) is 0 Å². The van der Waals surface area contributed by atoms with Crippen molar-refractivity contribution in [1.82, 2.24) is 0 Å². The number of rotatable bonds is 4. The minimum Gasteiger partial charge on any atom is -0.407 e. The van der Waals surface area contributed by atoms with Gasteiger partial charge in [-0.3, -0.25) is 0 Å². The molecule has 0 bridgehead atoms. The molecule has 2 radical (unpaired) electrons. The summed E-state index contributed by atoms with van der Waals surface area (Å²) in [6.45, 7) is 10.4. The molecule has 0 aliphatic heterocycles. The van der Waals surface area contributed by atoms with E-state index in [0.717, 1.165) is 16.7 Å². The first-order valence-electron chi connectivity index (χ1n) is 6.74. The Hall–Kier alpha value is -1.64. The van der Waals surface area contributed by atoms with Crippen LogP contribution in [0.2, 0.25) is 0 Å². The van der Waals surface area contributed by atoms with Gasteiger partial charge in [0.25, 0.3) is 9.76 Å². The van der Waals surface area contributed by atoms with Crippen LogP contribution < -0.4 is 5.19 Å². The average molecular weight is 280 g/mol. The van der Waals surface area contributed by atoms with Gasteiger partial charge in [0, 0.05) is 5.60 Å². The molecule has 0 amide bonds. The van der Waals surface area contributed by atoms with Gasteiger partial charge in [-0.05, 0) is 42.7 Å². The summed E-state index contributed by atoms with van der Waals surface area (Å²) < 4.78 is 5.85. The van der Waals surface area contributed by atoms with Gasteiger partial charge in [-0.2, -0.15) is 0 Å². The van der Waals surface area contributed by atoms with Crippen molar-refractivity contribution in [2.24, 2.45) is 0 Å². The Bertz CT molecular complexity index is 582. The second kappa shape index (κ2) is 6.20. The highest BCUT2D eigenvalue weighted by molar-refractivity contribution is 6.47. The molecule has 0 atom stereocenters. The monoisotopic (exact) mass is 280 g/mol. The molecular weight excluding hydrogens is 260 g/mol. The van der Waals surface area contributed by atoms with Gasteiger partial charge in [-0.1, -0.05) is 61.2 Å². The summed E-state index contributed by atoms with van der Waals surface area (Å²) in [5.74, 6) is 0. The van der Waals surface area contributed by atoms with E-state index < -0.39 is 0 Å². The molecule has 0 aromatic heterocycles. The van der Waals surface area contributed by atoms with Gasteiger partial charge in [0.1, 0.15) is 0 Å². The van der Waals surface area contributed by atoms with E-state index in [1.54, 1.807) is 0 Å². The predicted molar refractivity (Wildman–Crippen MR) is 87.2 cm³/mol. The van der Waals surface area contributed by atoms with Crippen LogP contribution in [-0.2, 0) is 4.43 Å². The molecule has 0 aliphatic rings. The van der Waals surface area contributed by atoms with Crippen LogP contribution in [0.5, 0.6) is 0 Å². The maximum absolute atomic E-state index is 5.85. The van der Waals surface area contributed by atoms with Gasteiger partial charge < -0.3 is 4.43 Å². The highest BCUT2D eigenvalue weighted by Crippen LogP contribution is 2.20. The van der Waals surface area contributed by atoms with E-state index in [0.29, 0.717) is 9.76 Å². The van der Waals surface area contributed by atoms with Crippen LogP contribution in [0.25, 0.3) is 5.57 Å². The Balaban J connectivity index is 2.16.